The van der Waals surface area contributed by atoms with Crippen LogP contribution in [0.4, 0.5) is 10.5 Å². The summed E-state index contributed by atoms with van der Waals surface area (Å²) in [5, 5.41) is 7.61. The molecule has 0 aromatic carbocycles. The lowest BCUT2D eigenvalue weighted by Gasteiger charge is -2.12. The van der Waals surface area contributed by atoms with Gasteiger partial charge >= 0.3 is 6.03 Å². The summed E-state index contributed by atoms with van der Waals surface area (Å²) in [5.41, 5.74) is 0.732. The molecule has 2 aromatic heterocycles. The highest BCUT2D eigenvalue weighted by atomic mass is 32.1. The number of aromatic nitrogens is 1. The molecular weight excluding hydrogens is 234 g/mol. The van der Waals surface area contributed by atoms with Gasteiger partial charge in [0.15, 0.2) is 0 Å². The molecule has 0 saturated heterocycles. The van der Waals surface area contributed by atoms with Crippen molar-refractivity contribution in [1.82, 2.24) is 10.3 Å². The molecule has 2 amide bonds. The molecule has 17 heavy (non-hydrogen) atoms. The number of hydrogen-bond acceptors (Lipinski definition) is 3. The molecule has 0 bridgehead atoms. The molecule has 0 saturated carbocycles. The van der Waals surface area contributed by atoms with E-state index in [4.69, 9.17) is 0 Å². The van der Waals surface area contributed by atoms with Crippen LogP contribution in [0.3, 0.4) is 0 Å². The Labute approximate surface area is 104 Å². The molecule has 88 valence electrons. The smallest absolute Gasteiger partial charge is 0.319 e. The third-order valence-corrected chi connectivity index (χ3v) is 3.31. The second kappa shape index (κ2) is 5.45. The number of carbonyl (C=O) groups excluding carboxylic acids is 1. The van der Waals surface area contributed by atoms with Crippen LogP contribution in [0.5, 0.6) is 0 Å². The first-order chi connectivity index (χ1) is 8.25. The number of pyridine rings is 1. The topological polar surface area (TPSA) is 54.0 Å². The maximum absolute atomic E-state index is 11.7. The minimum Gasteiger partial charge on any atom is -0.331 e. The molecule has 2 N–H and O–H groups in total. The fraction of sp³-hybridized carbons (Fsp3) is 0.167. The van der Waals surface area contributed by atoms with Gasteiger partial charge in [-0.3, -0.25) is 4.98 Å². The Morgan fingerprint density at radius 3 is 2.76 bits per heavy atom. The number of nitrogens with zero attached hydrogens (tertiary/aromatic N) is 1. The Morgan fingerprint density at radius 2 is 2.12 bits per heavy atom. The largest absolute Gasteiger partial charge is 0.331 e. The number of thiophene rings is 1. The van der Waals surface area contributed by atoms with Gasteiger partial charge in [-0.15, -0.1) is 11.3 Å². The number of anilines is 1. The van der Waals surface area contributed by atoms with Gasteiger partial charge in [0.1, 0.15) is 0 Å². The maximum atomic E-state index is 11.7. The number of amides is 2. The number of carbonyl (C=O) groups is 1. The van der Waals surface area contributed by atoms with Crippen LogP contribution in [-0.2, 0) is 0 Å². The molecule has 5 heteroatoms. The Balaban J connectivity index is 1.90. The fourth-order valence-corrected chi connectivity index (χ4v) is 2.14. The van der Waals surface area contributed by atoms with Crippen molar-refractivity contribution < 1.29 is 4.79 Å². The second-order valence-corrected chi connectivity index (χ2v) is 4.55. The highest BCUT2D eigenvalue weighted by Crippen LogP contribution is 2.18. The zero-order valence-corrected chi connectivity index (χ0v) is 10.2. The zero-order chi connectivity index (χ0) is 12.1. The minimum absolute atomic E-state index is 0.0110. The van der Waals surface area contributed by atoms with Crippen LogP contribution in [0.25, 0.3) is 0 Å². The summed E-state index contributed by atoms with van der Waals surface area (Å²) in [7, 11) is 0. The number of urea groups is 1. The first-order valence-corrected chi connectivity index (χ1v) is 6.14. The van der Waals surface area contributed by atoms with Crippen molar-refractivity contribution in [3.8, 4) is 0 Å². The average molecular weight is 247 g/mol. The molecular formula is C12H13N3OS. The van der Waals surface area contributed by atoms with Gasteiger partial charge in [-0.2, -0.15) is 0 Å². The van der Waals surface area contributed by atoms with Crippen LogP contribution in [0.1, 0.15) is 17.8 Å². The molecule has 0 unspecified atom stereocenters. The van der Waals surface area contributed by atoms with Gasteiger partial charge in [-0.05, 0) is 30.5 Å². The van der Waals surface area contributed by atoms with Gasteiger partial charge in [-0.25, -0.2) is 4.79 Å². The van der Waals surface area contributed by atoms with Crippen molar-refractivity contribution in [2.75, 3.05) is 5.32 Å². The molecule has 2 aromatic rings. The van der Waals surface area contributed by atoms with Gasteiger partial charge in [0.2, 0.25) is 0 Å². The summed E-state index contributed by atoms with van der Waals surface area (Å²) in [6.07, 6.45) is 3.27. The van der Waals surface area contributed by atoms with Gasteiger partial charge < -0.3 is 10.6 Å². The molecule has 0 fully saturated rings. The van der Waals surface area contributed by atoms with Crippen molar-refractivity contribution in [3.05, 3.63) is 46.9 Å². The van der Waals surface area contributed by atoms with E-state index in [9.17, 15) is 4.79 Å². The van der Waals surface area contributed by atoms with Gasteiger partial charge in [0.05, 0.1) is 6.04 Å². The molecule has 4 nitrogen and oxygen atoms in total. The van der Waals surface area contributed by atoms with Crippen LogP contribution in [0.15, 0.2) is 42.0 Å². The van der Waals surface area contributed by atoms with Gasteiger partial charge in [0.25, 0.3) is 0 Å². The molecule has 1 atom stereocenters. The van der Waals surface area contributed by atoms with Crippen LogP contribution < -0.4 is 10.6 Å². The van der Waals surface area contributed by atoms with Crippen molar-refractivity contribution in [1.29, 1.82) is 0 Å². The highest BCUT2D eigenvalue weighted by molar-refractivity contribution is 7.10. The molecule has 0 aliphatic carbocycles. The van der Waals surface area contributed by atoms with E-state index >= 15 is 0 Å². The number of hydrogen-bond donors (Lipinski definition) is 2. The summed E-state index contributed by atoms with van der Waals surface area (Å²) in [5.74, 6) is 0. The van der Waals surface area contributed by atoms with Crippen molar-refractivity contribution in [3.63, 3.8) is 0 Å². The third-order valence-electron chi connectivity index (χ3n) is 2.26. The van der Waals surface area contributed by atoms with Crippen LogP contribution in [0.2, 0.25) is 0 Å². The van der Waals surface area contributed by atoms with Crippen molar-refractivity contribution >= 4 is 23.1 Å². The van der Waals surface area contributed by atoms with E-state index in [0.717, 1.165) is 10.6 Å². The van der Waals surface area contributed by atoms with E-state index in [0.29, 0.717) is 0 Å². The lowest BCUT2D eigenvalue weighted by molar-refractivity contribution is 0.249. The molecule has 0 aliphatic heterocycles. The SMILES string of the molecule is C[C@@H](NC(=O)Nc1ccncc1)c1cccs1. The molecule has 0 spiro atoms. The Morgan fingerprint density at radius 1 is 1.35 bits per heavy atom. The standard InChI is InChI=1S/C12H13N3OS/c1-9(11-3-2-8-17-11)14-12(16)15-10-4-6-13-7-5-10/h2-9H,1H3,(H2,13,14,15,16)/t9-/m1/s1. The third kappa shape index (κ3) is 3.29. The van der Waals surface area contributed by atoms with Crippen LogP contribution >= 0.6 is 11.3 Å². The Bertz CT molecular complexity index is 470. The molecule has 0 aliphatic rings. The van der Waals surface area contributed by atoms with E-state index in [1.54, 1.807) is 35.9 Å². The highest BCUT2D eigenvalue weighted by Gasteiger charge is 2.09. The first-order valence-electron chi connectivity index (χ1n) is 5.26. The fourth-order valence-electron chi connectivity index (χ4n) is 1.41. The van der Waals surface area contributed by atoms with Crippen LogP contribution in [0, 0.1) is 0 Å². The van der Waals surface area contributed by atoms with E-state index in [2.05, 4.69) is 15.6 Å². The molecule has 0 radical (unpaired) electrons. The molecule has 2 heterocycles. The summed E-state index contributed by atoms with van der Waals surface area (Å²) in [4.78, 5) is 16.7. The lowest BCUT2D eigenvalue weighted by Crippen LogP contribution is -2.30. The Hall–Kier alpha value is -1.88. The first kappa shape index (κ1) is 11.6. The maximum Gasteiger partial charge on any atom is 0.319 e. The normalized spacial score (nSPS) is 11.8. The summed E-state index contributed by atoms with van der Waals surface area (Å²) >= 11 is 1.63. The van der Waals surface area contributed by atoms with E-state index in [1.165, 1.54) is 0 Å². The van der Waals surface area contributed by atoms with Crippen molar-refractivity contribution in [2.45, 2.75) is 13.0 Å². The van der Waals surface area contributed by atoms with Gasteiger partial charge in [-0.1, -0.05) is 6.07 Å². The quantitative estimate of drug-likeness (QED) is 0.876. The average Bonchev–Trinajstić information content (AvgIpc) is 2.83. The van der Waals surface area contributed by atoms with Crippen LogP contribution in [-0.4, -0.2) is 11.0 Å². The van der Waals surface area contributed by atoms with E-state index in [-0.39, 0.29) is 12.1 Å². The predicted octanol–water partition coefficient (Wildman–Crippen LogP) is 3.03. The van der Waals surface area contributed by atoms with E-state index < -0.39 is 0 Å². The molecule has 2 rings (SSSR count). The lowest BCUT2D eigenvalue weighted by atomic mass is 10.3. The van der Waals surface area contributed by atoms with E-state index in [1.807, 2.05) is 24.4 Å². The number of rotatable bonds is 3. The monoisotopic (exact) mass is 247 g/mol. The van der Waals surface area contributed by atoms with Crippen molar-refractivity contribution in [2.24, 2.45) is 0 Å². The minimum atomic E-state index is -0.211. The second-order valence-electron chi connectivity index (χ2n) is 3.57. The number of nitrogens with one attached hydrogen (secondary N) is 2. The summed E-state index contributed by atoms with van der Waals surface area (Å²) < 4.78 is 0. The predicted molar refractivity (Wildman–Crippen MR) is 69.1 cm³/mol. The summed E-state index contributed by atoms with van der Waals surface area (Å²) in [6.45, 7) is 1.96. The zero-order valence-electron chi connectivity index (χ0n) is 9.38. The Kier molecular flexibility index (Phi) is 3.72. The van der Waals surface area contributed by atoms with Gasteiger partial charge in [0, 0.05) is 23.0 Å². The summed E-state index contributed by atoms with van der Waals surface area (Å²) in [6, 6.07) is 7.26.